The first kappa shape index (κ1) is 13.3. The molecule has 20 heavy (non-hydrogen) atoms. The van der Waals surface area contributed by atoms with Gasteiger partial charge in [0.1, 0.15) is 0 Å². The Morgan fingerprint density at radius 3 is 2.55 bits per heavy atom. The molecule has 2 aromatic rings. The minimum absolute atomic E-state index is 0.351. The SMILES string of the molecule is CNC(Cc1ccc(C)cc1)c1ccc2c(c1)COC2. The van der Waals surface area contributed by atoms with Gasteiger partial charge in [-0.05, 0) is 42.6 Å². The van der Waals surface area contributed by atoms with Crippen molar-refractivity contribution in [2.45, 2.75) is 32.6 Å². The molecule has 2 nitrogen and oxygen atoms in total. The van der Waals surface area contributed by atoms with Crippen LogP contribution in [-0.4, -0.2) is 7.05 Å². The zero-order chi connectivity index (χ0) is 13.9. The van der Waals surface area contributed by atoms with Crippen LogP contribution >= 0.6 is 0 Å². The molecule has 2 aromatic carbocycles. The van der Waals surface area contributed by atoms with Gasteiger partial charge in [0, 0.05) is 6.04 Å². The maximum atomic E-state index is 5.49. The summed E-state index contributed by atoms with van der Waals surface area (Å²) in [5, 5.41) is 3.43. The van der Waals surface area contributed by atoms with Gasteiger partial charge in [0.25, 0.3) is 0 Å². The van der Waals surface area contributed by atoms with Crippen LogP contribution in [0.3, 0.4) is 0 Å². The molecule has 0 saturated heterocycles. The van der Waals surface area contributed by atoms with Gasteiger partial charge in [-0.25, -0.2) is 0 Å². The predicted molar refractivity (Wildman–Crippen MR) is 81.6 cm³/mol. The molecule has 1 heterocycles. The second-order valence-electron chi connectivity index (χ2n) is 5.55. The largest absolute Gasteiger partial charge is 0.372 e. The molecule has 3 rings (SSSR count). The van der Waals surface area contributed by atoms with Crippen LogP contribution in [0.5, 0.6) is 0 Å². The van der Waals surface area contributed by atoms with Gasteiger partial charge in [-0.15, -0.1) is 0 Å². The van der Waals surface area contributed by atoms with Crippen LogP contribution in [0.15, 0.2) is 42.5 Å². The molecule has 1 atom stereocenters. The normalized spacial score (nSPS) is 15.1. The molecule has 1 N–H and O–H groups in total. The van der Waals surface area contributed by atoms with Crippen molar-refractivity contribution in [1.82, 2.24) is 5.32 Å². The minimum atomic E-state index is 0.351. The Kier molecular flexibility index (Phi) is 3.86. The number of hydrogen-bond acceptors (Lipinski definition) is 2. The summed E-state index contributed by atoms with van der Waals surface area (Å²) in [4.78, 5) is 0. The highest BCUT2D eigenvalue weighted by Crippen LogP contribution is 2.25. The molecule has 1 unspecified atom stereocenters. The van der Waals surface area contributed by atoms with Gasteiger partial charge in [0.15, 0.2) is 0 Å². The zero-order valence-corrected chi connectivity index (χ0v) is 12.1. The van der Waals surface area contributed by atoms with Crippen molar-refractivity contribution >= 4 is 0 Å². The van der Waals surface area contributed by atoms with E-state index in [1.165, 1.54) is 27.8 Å². The van der Waals surface area contributed by atoms with E-state index in [2.05, 4.69) is 54.7 Å². The molecule has 2 heteroatoms. The van der Waals surface area contributed by atoms with Gasteiger partial charge in [0.2, 0.25) is 0 Å². The molecule has 0 spiro atoms. The van der Waals surface area contributed by atoms with Crippen LogP contribution in [0.2, 0.25) is 0 Å². The van der Waals surface area contributed by atoms with Crippen molar-refractivity contribution in [1.29, 1.82) is 0 Å². The van der Waals surface area contributed by atoms with Crippen LogP contribution in [0, 0.1) is 6.92 Å². The molecule has 0 bridgehead atoms. The molecule has 104 valence electrons. The van der Waals surface area contributed by atoms with Gasteiger partial charge in [0.05, 0.1) is 13.2 Å². The van der Waals surface area contributed by atoms with Crippen LogP contribution in [0.1, 0.15) is 33.9 Å². The first-order valence-electron chi connectivity index (χ1n) is 7.18. The van der Waals surface area contributed by atoms with Gasteiger partial charge in [-0.1, -0.05) is 48.0 Å². The molecule has 1 aliphatic rings. The molecule has 0 aromatic heterocycles. The lowest BCUT2D eigenvalue weighted by Crippen LogP contribution is -2.19. The number of ether oxygens (including phenoxy) is 1. The first-order chi connectivity index (χ1) is 9.76. The molecule has 0 amide bonds. The van der Waals surface area contributed by atoms with E-state index in [4.69, 9.17) is 4.74 Å². The van der Waals surface area contributed by atoms with Gasteiger partial charge >= 0.3 is 0 Å². The summed E-state index contributed by atoms with van der Waals surface area (Å²) in [6.45, 7) is 3.64. The topological polar surface area (TPSA) is 21.3 Å². The highest BCUT2D eigenvalue weighted by Gasteiger charge is 2.15. The second kappa shape index (κ2) is 5.78. The lowest BCUT2D eigenvalue weighted by atomic mass is 9.96. The zero-order valence-electron chi connectivity index (χ0n) is 12.1. The van der Waals surface area contributed by atoms with Crippen molar-refractivity contribution in [2.75, 3.05) is 7.05 Å². The van der Waals surface area contributed by atoms with E-state index in [1.807, 2.05) is 7.05 Å². The van der Waals surface area contributed by atoms with Crippen molar-refractivity contribution in [3.8, 4) is 0 Å². The molecule has 0 radical (unpaired) electrons. The van der Waals surface area contributed by atoms with E-state index in [1.54, 1.807) is 0 Å². The number of nitrogens with one attached hydrogen (secondary N) is 1. The van der Waals surface area contributed by atoms with E-state index < -0.39 is 0 Å². The smallest absolute Gasteiger partial charge is 0.0725 e. The number of aryl methyl sites for hydroxylation is 1. The molecule has 0 aliphatic carbocycles. The Balaban J connectivity index is 1.81. The summed E-state index contributed by atoms with van der Waals surface area (Å²) in [6.07, 6.45) is 1.01. The summed E-state index contributed by atoms with van der Waals surface area (Å²) in [7, 11) is 2.03. The van der Waals surface area contributed by atoms with E-state index in [-0.39, 0.29) is 0 Å². The second-order valence-corrected chi connectivity index (χ2v) is 5.55. The van der Waals surface area contributed by atoms with E-state index in [0.29, 0.717) is 6.04 Å². The number of fused-ring (bicyclic) bond motifs is 1. The summed E-state index contributed by atoms with van der Waals surface area (Å²) >= 11 is 0. The fraction of sp³-hybridized carbons (Fsp3) is 0.333. The van der Waals surface area contributed by atoms with Crippen LogP contribution in [0.4, 0.5) is 0 Å². The Labute approximate surface area is 120 Å². The number of hydrogen-bond donors (Lipinski definition) is 1. The maximum Gasteiger partial charge on any atom is 0.0725 e. The monoisotopic (exact) mass is 267 g/mol. The molecule has 0 fully saturated rings. The number of rotatable bonds is 4. The Morgan fingerprint density at radius 2 is 1.80 bits per heavy atom. The van der Waals surface area contributed by atoms with Crippen LogP contribution in [0.25, 0.3) is 0 Å². The maximum absolute atomic E-state index is 5.49. The molecule has 1 aliphatic heterocycles. The van der Waals surface area contributed by atoms with Crippen LogP contribution in [-0.2, 0) is 24.4 Å². The van der Waals surface area contributed by atoms with Crippen molar-refractivity contribution in [3.05, 3.63) is 70.3 Å². The Bertz CT molecular complexity index is 589. The third-order valence-corrected chi connectivity index (χ3v) is 4.06. The van der Waals surface area contributed by atoms with E-state index in [9.17, 15) is 0 Å². The van der Waals surface area contributed by atoms with Crippen LogP contribution < -0.4 is 5.32 Å². The third-order valence-electron chi connectivity index (χ3n) is 4.06. The average molecular weight is 267 g/mol. The standard InChI is InChI=1S/C18H21NO/c1-13-3-5-14(6-4-13)9-18(19-2)15-7-8-16-11-20-12-17(16)10-15/h3-8,10,18-19H,9,11-12H2,1-2H3. The Hall–Kier alpha value is -1.64. The predicted octanol–water partition coefficient (Wildman–Crippen LogP) is 3.53. The Morgan fingerprint density at radius 1 is 1.05 bits per heavy atom. The van der Waals surface area contributed by atoms with Crippen molar-refractivity contribution < 1.29 is 4.74 Å². The number of benzene rings is 2. The average Bonchev–Trinajstić information content (AvgIpc) is 2.94. The summed E-state index contributed by atoms with van der Waals surface area (Å²) < 4.78 is 5.49. The van der Waals surface area contributed by atoms with Gasteiger partial charge in [-0.2, -0.15) is 0 Å². The highest BCUT2D eigenvalue weighted by atomic mass is 16.5. The fourth-order valence-electron chi connectivity index (χ4n) is 2.76. The summed E-state index contributed by atoms with van der Waals surface area (Å²) in [5.41, 5.74) is 6.69. The molecular weight excluding hydrogens is 246 g/mol. The molecular formula is C18H21NO. The molecule has 0 saturated carbocycles. The number of likely N-dealkylation sites (N-methyl/N-ethyl adjacent to an activating group) is 1. The van der Waals surface area contributed by atoms with Gasteiger partial charge in [-0.3, -0.25) is 0 Å². The summed E-state index contributed by atoms with van der Waals surface area (Å²) in [6, 6.07) is 15.9. The van der Waals surface area contributed by atoms with Crippen molar-refractivity contribution in [3.63, 3.8) is 0 Å². The fourth-order valence-corrected chi connectivity index (χ4v) is 2.76. The quantitative estimate of drug-likeness (QED) is 0.915. The first-order valence-corrected chi connectivity index (χ1v) is 7.18. The minimum Gasteiger partial charge on any atom is -0.372 e. The van der Waals surface area contributed by atoms with E-state index in [0.717, 1.165) is 19.6 Å². The van der Waals surface area contributed by atoms with Gasteiger partial charge < -0.3 is 10.1 Å². The lowest BCUT2D eigenvalue weighted by Gasteiger charge is -2.18. The third kappa shape index (κ3) is 2.77. The van der Waals surface area contributed by atoms with E-state index >= 15 is 0 Å². The summed E-state index contributed by atoms with van der Waals surface area (Å²) in [5.74, 6) is 0. The van der Waals surface area contributed by atoms with Crippen molar-refractivity contribution in [2.24, 2.45) is 0 Å². The lowest BCUT2D eigenvalue weighted by molar-refractivity contribution is 0.134. The highest BCUT2D eigenvalue weighted by molar-refractivity contribution is 5.35.